The van der Waals surface area contributed by atoms with Crippen molar-refractivity contribution < 1.29 is 9.90 Å². The number of amides is 1. The van der Waals surface area contributed by atoms with Crippen LogP contribution in [0.4, 0.5) is 0 Å². The van der Waals surface area contributed by atoms with E-state index in [9.17, 15) is 4.79 Å². The Morgan fingerprint density at radius 1 is 1.53 bits per heavy atom. The smallest absolute Gasteiger partial charge is 0.244 e. The molecule has 1 aromatic heterocycles. The van der Waals surface area contributed by atoms with Crippen molar-refractivity contribution >= 4 is 5.91 Å². The molecule has 1 N–H and O–H groups in total. The van der Waals surface area contributed by atoms with E-state index in [1.807, 2.05) is 0 Å². The van der Waals surface area contributed by atoms with E-state index >= 15 is 0 Å². The Balaban J connectivity index is 2.18. The Labute approximate surface area is 101 Å². The second-order valence-corrected chi connectivity index (χ2v) is 4.73. The van der Waals surface area contributed by atoms with Crippen molar-refractivity contribution in [2.45, 2.75) is 32.7 Å². The topological polar surface area (TPSA) is 58.4 Å². The van der Waals surface area contributed by atoms with Crippen molar-refractivity contribution in [3.63, 3.8) is 0 Å². The van der Waals surface area contributed by atoms with Crippen LogP contribution >= 0.6 is 0 Å². The van der Waals surface area contributed by atoms with E-state index in [-0.39, 0.29) is 12.5 Å². The summed E-state index contributed by atoms with van der Waals surface area (Å²) in [5.41, 5.74) is 2.16. The molecular weight excluding hydrogens is 218 g/mol. The largest absolute Gasteiger partial charge is 0.395 e. The number of aliphatic hydroxyl groups is 1. The molecule has 17 heavy (non-hydrogen) atoms. The maximum absolute atomic E-state index is 11.9. The van der Waals surface area contributed by atoms with Crippen LogP contribution in [0.1, 0.15) is 31.2 Å². The van der Waals surface area contributed by atoms with Gasteiger partial charge in [0.2, 0.25) is 5.91 Å². The number of hydrogen-bond donors (Lipinski definition) is 1. The zero-order valence-corrected chi connectivity index (χ0v) is 10.4. The van der Waals surface area contributed by atoms with Crippen LogP contribution in [0.3, 0.4) is 0 Å². The number of carbonyl (C=O) groups excluding carboxylic acids is 1. The van der Waals surface area contributed by atoms with Gasteiger partial charge < -0.3 is 10.0 Å². The molecule has 2 rings (SSSR count). The lowest BCUT2D eigenvalue weighted by atomic mass is 10.1. The van der Waals surface area contributed by atoms with Crippen molar-refractivity contribution in [2.75, 3.05) is 19.7 Å². The average Bonchev–Trinajstić information content (AvgIpc) is 2.61. The molecule has 0 atom stereocenters. The summed E-state index contributed by atoms with van der Waals surface area (Å²) in [6.45, 7) is 5.60. The van der Waals surface area contributed by atoms with Gasteiger partial charge in [-0.25, -0.2) is 0 Å². The Morgan fingerprint density at radius 3 is 2.94 bits per heavy atom. The molecule has 1 aromatic rings. The van der Waals surface area contributed by atoms with Crippen LogP contribution in [0, 0.1) is 0 Å². The summed E-state index contributed by atoms with van der Waals surface area (Å²) in [5.74, 6) is 0.425. The third-order valence-corrected chi connectivity index (χ3v) is 3.12. The normalized spacial score (nSPS) is 16.2. The van der Waals surface area contributed by atoms with Gasteiger partial charge in [0.15, 0.2) is 0 Å². The van der Waals surface area contributed by atoms with Crippen LogP contribution in [0.25, 0.3) is 0 Å². The minimum atomic E-state index is 0.0191. The lowest BCUT2D eigenvalue weighted by Crippen LogP contribution is -2.35. The SMILES string of the molecule is CC(C)c1cc2n(n1)CC(=O)N(CCO)CC2. The maximum Gasteiger partial charge on any atom is 0.244 e. The molecular formula is C12H19N3O2. The Hall–Kier alpha value is -1.36. The second-order valence-electron chi connectivity index (χ2n) is 4.73. The molecule has 0 fully saturated rings. The van der Waals surface area contributed by atoms with Crippen LogP contribution in [-0.4, -0.2) is 45.4 Å². The number of aromatic nitrogens is 2. The van der Waals surface area contributed by atoms with Gasteiger partial charge in [0.25, 0.3) is 0 Å². The maximum atomic E-state index is 11.9. The Kier molecular flexibility index (Phi) is 3.47. The van der Waals surface area contributed by atoms with Gasteiger partial charge in [-0.05, 0) is 12.0 Å². The summed E-state index contributed by atoms with van der Waals surface area (Å²) in [6.07, 6.45) is 0.811. The van der Waals surface area contributed by atoms with Crippen molar-refractivity contribution in [3.05, 3.63) is 17.5 Å². The van der Waals surface area contributed by atoms with Crippen LogP contribution < -0.4 is 0 Å². The van der Waals surface area contributed by atoms with Gasteiger partial charge in [0.1, 0.15) is 6.54 Å². The second kappa shape index (κ2) is 4.87. The fourth-order valence-corrected chi connectivity index (χ4v) is 2.06. The summed E-state index contributed by atoms with van der Waals surface area (Å²) in [6, 6.07) is 2.08. The monoisotopic (exact) mass is 237 g/mol. The van der Waals surface area contributed by atoms with Crippen molar-refractivity contribution in [1.82, 2.24) is 14.7 Å². The van der Waals surface area contributed by atoms with Crippen LogP contribution in [-0.2, 0) is 17.8 Å². The summed E-state index contributed by atoms with van der Waals surface area (Å²) in [5, 5.41) is 13.4. The first-order valence-corrected chi connectivity index (χ1v) is 6.07. The molecule has 0 spiro atoms. The quantitative estimate of drug-likeness (QED) is 0.827. The average molecular weight is 237 g/mol. The zero-order chi connectivity index (χ0) is 12.4. The predicted molar refractivity (Wildman–Crippen MR) is 63.7 cm³/mol. The highest BCUT2D eigenvalue weighted by molar-refractivity contribution is 5.76. The number of rotatable bonds is 3. The van der Waals surface area contributed by atoms with Gasteiger partial charge >= 0.3 is 0 Å². The standard InChI is InChI=1S/C12H19N3O2/c1-9(2)11-7-10-3-4-14(5-6-16)12(17)8-15(10)13-11/h7,9,16H,3-6,8H2,1-2H3. The van der Waals surface area contributed by atoms with E-state index in [1.54, 1.807) is 9.58 Å². The van der Waals surface area contributed by atoms with Crippen LogP contribution in [0.15, 0.2) is 6.07 Å². The number of nitrogens with zero attached hydrogens (tertiary/aromatic N) is 3. The number of β-amino-alcohol motifs (C(OH)–C–C–N with tert-alkyl or cyclic N) is 1. The van der Waals surface area contributed by atoms with Gasteiger partial charge in [0, 0.05) is 25.2 Å². The summed E-state index contributed by atoms with van der Waals surface area (Å²) >= 11 is 0. The van der Waals surface area contributed by atoms with Gasteiger partial charge in [-0.3, -0.25) is 9.48 Å². The van der Waals surface area contributed by atoms with Crippen LogP contribution in [0.5, 0.6) is 0 Å². The van der Waals surface area contributed by atoms with E-state index in [2.05, 4.69) is 25.0 Å². The lowest BCUT2D eigenvalue weighted by molar-refractivity contribution is -0.132. The molecule has 1 aliphatic heterocycles. The third-order valence-electron chi connectivity index (χ3n) is 3.12. The highest BCUT2D eigenvalue weighted by atomic mass is 16.3. The summed E-state index contributed by atoms with van der Waals surface area (Å²) in [7, 11) is 0. The molecule has 0 aliphatic carbocycles. The number of carbonyl (C=O) groups is 1. The first-order valence-electron chi connectivity index (χ1n) is 6.07. The fraction of sp³-hybridized carbons (Fsp3) is 0.667. The lowest BCUT2D eigenvalue weighted by Gasteiger charge is -2.18. The minimum absolute atomic E-state index is 0.0191. The Bertz CT molecular complexity index is 412. The van der Waals surface area contributed by atoms with E-state index in [0.29, 0.717) is 25.6 Å². The van der Waals surface area contributed by atoms with E-state index in [4.69, 9.17) is 5.11 Å². The van der Waals surface area contributed by atoms with Crippen molar-refractivity contribution in [1.29, 1.82) is 0 Å². The van der Waals surface area contributed by atoms with E-state index < -0.39 is 0 Å². The minimum Gasteiger partial charge on any atom is -0.395 e. The Morgan fingerprint density at radius 2 is 2.29 bits per heavy atom. The van der Waals surface area contributed by atoms with Crippen molar-refractivity contribution in [2.24, 2.45) is 0 Å². The summed E-state index contributed by atoms with van der Waals surface area (Å²) in [4.78, 5) is 13.6. The predicted octanol–water partition coefficient (Wildman–Crippen LogP) is 0.383. The molecule has 5 heteroatoms. The molecule has 0 saturated heterocycles. The van der Waals surface area contributed by atoms with E-state index in [1.165, 1.54) is 0 Å². The number of fused-ring (bicyclic) bond motifs is 1. The van der Waals surface area contributed by atoms with Crippen molar-refractivity contribution in [3.8, 4) is 0 Å². The van der Waals surface area contributed by atoms with Crippen LogP contribution in [0.2, 0.25) is 0 Å². The molecule has 0 unspecified atom stereocenters. The highest BCUT2D eigenvalue weighted by Crippen LogP contribution is 2.17. The summed E-state index contributed by atoms with van der Waals surface area (Å²) < 4.78 is 1.80. The molecule has 0 radical (unpaired) electrons. The fourth-order valence-electron chi connectivity index (χ4n) is 2.06. The number of aliphatic hydroxyl groups excluding tert-OH is 1. The zero-order valence-electron chi connectivity index (χ0n) is 10.4. The van der Waals surface area contributed by atoms with Gasteiger partial charge in [0.05, 0.1) is 12.3 Å². The molecule has 1 aliphatic rings. The molecule has 94 valence electrons. The molecule has 0 bridgehead atoms. The first kappa shape index (κ1) is 12.1. The molecule has 1 amide bonds. The van der Waals surface area contributed by atoms with Gasteiger partial charge in [-0.1, -0.05) is 13.8 Å². The molecule has 0 saturated carbocycles. The number of hydrogen-bond acceptors (Lipinski definition) is 3. The first-order chi connectivity index (χ1) is 8.11. The van der Waals surface area contributed by atoms with E-state index in [0.717, 1.165) is 17.8 Å². The molecule has 0 aromatic carbocycles. The highest BCUT2D eigenvalue weighted by Gasteiger charge is 2.21. The molecule has 5 nitrogen and oxygen atoms in total. The van der Waals surface area contributed by atoms with Gasteiger partial charge in [-0.15, -0.1) is 0 Å². The third kappa shape index (κ3) is 2.49. The van der Waals surface area contributed by atoms with Gasteiger partial charge in [-0.2, -0.15) is 5.10 Å². The molecule has 2 heterocycles.